The lowest BCUT2D eigenvalue weighted by Gasteiger charge is -2.22. The van der Waals surface area contributed by atoms with Gasteiger partial charge in [-0.3, -0.25) is 9.48 Å². The number of aliphatic carboxylic acids is 1. The first-order valence-corrected chi connectivity index (χ1v) is 6.68. The van der Waals surface area contributed by atoms with Crippen molar-refractivity contribution in [1.29, 1.82) is 0 Å². The molecule has 20 heavy (non-hydrogen) atoms. The van der Waals surface area contributed by atoms with E-state index in [1.807, 2.05) is 20.8 Å². The summed E-state index contributed by atoms with van der Waals surface area (Å²) in [7, 11) is 0. The third kappa shape index (κ3) is 4.25. The molecule has 2 amide bonds. The average Bonchev–Trinajstić information content (AvgIpc) is 2.83. The molecule has 0 aromatic carbocycles. The van der Waals surface area contributed by atoms with Crippen molar-refractivity contribution >= 4 is 17.7 Å². The van der Waals surface area contributed by atoms with Crippen molar-refractivity contribution in [3.8, 4) is 0 Å². The largest absolute Gasteiger partial charge is 0.481 e. The maximum Gasteiger partial charge on any atom is 0.321 e. The molecule has 1 heterocycles. The van der Waals surface area contributed by atoms with Gasteiger partial charge >= 0.3 is 12.0 Å². The van der Waals surface area contributed by atoms with Crippen LogP contribution in [-0.4, -0.2) is 44.9 Å². The number of nitrogens with zero attached hydrogens (tertiary/aromatic N) is 3. The Hall–Kier alpha value is -2.05. The Bertz CT molecular complexity index is 470. The Morgan fingerprint density at radius 2 is 2.10 bits per heavy atom. The van der Waals surface area contributed by atoms with E-state index in [4.69, 9.17) is 5.11 Å². The Kier molecular flexibility index (Phi) is 5.54. The van der Waals surface area contributed by atoms with Gasteiger partial charge in [0, 0.05) is 25.3 Å². The number of carboxylic acid groups (broad SMARTS) is 1. The van der Waals surface area contributed by atoms with Crippen molar-refractivity contribution in [2.75, 3.05) is 18.4 Å². The minimum Gasteiger partial charge on any atom is -0.481 e. The minimum absolute atomic E-state index is 0.177. The number of carbonyl (C=O) groups excluding carboxylic acids is 1. The molecule has 0 fully saturated rings. The number of aromatic nitrogens is 2. The van der Waals surface area contributed by atoms with Crippen LogP contribution in [0.4, 0.5) is 10.5 Å². The Morgan fingerprint density at radius 3 is 2.55 bits per heavy atom. The summed E-state index contributed by atoms with van der Waals surface area (Å²) in [5, 5.41) is 15.7. The van der Waals surface area contributed by atoms with Crippen LogP contribution >= 0.6 is 0 Å². The molecule has 0 radical (unpaired) electrons. The van der Waals surface area contributed by atoms with E-state index in [0.29, 0.717) is 12.2 Å². The molecular weight excluding hydrogens is 260 g/mol. The molecule has 1 aromatic heterocycles. The summed E-state index contributed by atoms with van der Waals surface area (Å²) in [6, 6.07) is -0.0983. The van der Waals surface area contributed by atoms with E-state index in [0.717, 1.165) is 0 Å². The van der Waals surface area contributed by atoms with Crippen LogP contribution in [0.3, 0.4) is 0 Å². The van der Waals surface area contributed by atoms with Gasteiger partial charge in [-0.1, -0.05) is 6.92 Å². The van der Waals surface area contributed by atoms with Crippen molar-refractivity contribution in [1.82, 2.24) is 14.7 Å². The van der Waals surface area contributed by atoms with Gasteiger partial charge < -0.3 is 15.3 Å². The first-order valence-electron chi connectivity index (χ1n) is 6.68. The summed E-state index contributed by atoms with van der Waals surface area (Å²) < 4.78 is 1.74. The first-order chi connectivity index (χ1) is 9.35. The fourth-order valence-electron chi connectivity index (χ4n) is 1.65. The Morgan fingerprint density at radius 1 is 1.45 bits per heavy atom. The van der Waals surface area contributed by atoms with Crippen LogP contribution in [0.25, 0.3) is 0 Å². The number of hydrogen-bond donors (Lipinski definition) is 2. The number of hydrogen-bond acceptors (Lipinski definition) is 3. The topological polar surface area (TPSA) is 87.5 Å². The number of rotatable bonds is 6. The van der Waals surface area contributed by atoms with E-state index in [2.05, 4.69) is 10.4 Å². The summed E-state index contributed by atoms with van der Waals surface area (Å²) in [6.07, 6.45) is 3.32. The summed E-state index contributed by atoms with van der Waals surface area (Å²) in [6.45, 7) is 8.00. The van der Waals surface area contributed by atoms with Crippen LogP contribution < -0.4 is 5.32 Å². The van der Waals surface area contributed by atoms with E-state index in [-0.39, 0.29) is 18.6 Å². The summed E-state index contributed by atoms with van der Waals surface area (Å²) in [5.41, 5.74) is 0.602. The van der Waals surface area contributed by atoms with Gasteiger partial charge in [-0.2, -0.15) is 5.10 Å². The second-order valence-electron chi connectivity index (χ2n) is 5.01. The van der Waals surface area contributed by atoms with Gasteiger partial charge in [-0.15, -0.1) is 0 Å². The lowest BCUT2D eigenvalue weighted by molar-refractivity contribution is -0.141. The van der Waals surface area contributed by atoms with Crippen LogP contribution in [0.2, 0.25) is 0 Å². The summed E-state index contributed by atoms with van der Waals surface area (Å²) in [5.74, 6) is -1.51. The third-order valence-electron chi connectivity index (χ3n) is 2.97. The fourth-order valence-corrected chi connectivity index (χ4v) is 1.65. The van der Waals surface area contributed by atoms with E-state index < -0.39 is 11.9 Å². The molecule has 0 aliphatic heterocycles. The SMILES string of the molecule is CCN(CC(C)C(=O)O)C(=O)Nc1cnn(C(C)C)c1. The first kappa shape index (κ1) is 16.0. The smallest absolute Gasteiger partial charge is 0.321 e. The van der Waals surface area contributed by atoms with Gasteiger partial charge in [0.05, 0.1) is 17.8 Å². The zero-order valence-corrected chi connectivity index (χ0v) is 12.3. The van der Waals surface area contributed by atoms with Gasteiger partial charge in [-0.25, -0.2) is 4.79 Å². The predicted molar refractivity (Wildman–Crippen MR) is 75.7 cm³/mol. The van der Waals surface area contributed by atoms with Gasteiger partial charge in [0.1, 0.15) is 0 Å². The Balaban J connectivity index is 2.64. The fraction of sp³-hybridized carbons (Fsp3) is 0.615. The van der Waals surface area contributed by atoms with Crippen LogP contribution in [0.5, 0.6) is 0 Å². The highest BCUT2D eigenvalue weighted by molar-refractivity contribution is 5.89. The van der Waals surface area contributed by atoms with E-state index >= 15 is 0 Å². The van der Waals surface area contributed by atoms with E-state index in [9.17, 15) is 9.59 Å². The normalized spacial score (nSPS) is 12.2. The molecule has 1 aromatic rings. The number of urea groups is 1. The standard InChI is InChI=1S/C13H22N4O3/c1-5-16(7-10(4)12(18)19)13(20)15-11-6-14-17(8-11)9(2)3/h6,8-10H,5,7H2,1-4H3,(H,15,20)(H,18,19). The summed E-state index contributed by atoms with van der Waals surface area (Å²) >= 11 is 0. The average molecular weight is 282 g/mol. The Labute approximate surface area is 118 Å². The minimum atomic E-state index is -0.913. The zero-order valence-electron chi connectivity index (χ0n) is 12.3. The highest BCUT2D eigenvalue weighted by Gasteiger charge is 2.19. The molecule has 0 spiro atoms. The highest BCUT2D eigenvalue weighted by Crippen LogP contribution is 2.11. The van der Waals surface area contributed by atoms with Crippen molar-refractivity contribution in [2.45, 2.75) is 33.7 Å². The van der Waals surface area contributed by atoms with Gasteiger partial charge in [0.15, 0.2) is 0 Å². The molecule has 0 bridgehead atoms. The quantitative estimate of drug-likeness (QED) is 0.835. The molecular formula is C13H22N4O3. The number of amides is 2. The van der Waals surface area contributed by atoms with Crippen LogP contribution in [0.15, 0.2) is 12.4 Å². The predicted octanol–water partition coefficient (Wildman–Crippen LogP) is 2.04. The lowest BCUT2D eigenvalue weighted by Crippen LogP contribution is -2.39. The summed E-state index contributed by atoms with van der Waals surface area (Å²) in [4.78, 5) is 24.4. The van der Waals surface area contributed by atoms with Crippen molar-refractivity contribution in [3.63, 3.8) is 0 Å². The number of anilines is 1. The van der Waals surface area contributed by atoms with Gasteiger partial charge in [0.2, 0.25) is 0 Å². The third-order valence-corrected chi connectivity index (χ3v) is 2.97. The molecule has 1 atom stereocenters. The van der Waals surface area contributed by atoms with E-state index in [1.54, 1.807) is 24.0 Å². The lowest BCUT2D eigenvalue weighted by atomic mass is 10.2. The van der Waals surface area contributed by atoms with Gasteiger partial charge in [0.25, 0.3) is 0 Å². The number of nitrogens with one attached hydrogen (secondary N) is 1. The molecule has 0 saturated heterocycles. The molecule has 7 nitrogen and oxygen atoms in total. The molecule has 0 saturated carbocycles. The van der Waals surface area contributed by atoms with Crippen molar-refractivity contribution in [2.24, 2.45) is 5.92 Å². The van der Waals surface area contributed by atoms with Crippen LogP contribution in [0.1, 0.15) is 33.7 Å². The second-order valence-corrected chi connectivity index (χ2v) is 5.01. The molecule has 0 aliphatic carbocycles. The van der Waals surface area contributed by atoms with Crippen LogP contribution in [0, 0.1) is 5.92 Å². The number of carbonyl (C=O) groups is 2. The second kappa shape index (κ2) is 6.93. The maximum absolute atomic E-state index is 12.1. The molecule has 7 heteroatoms. The molecule has 112 valence electrons. The number of carboxylic acids is 1. The monoisotopic (exact) mass is 282 g/mol. The van der Waals surface area contributed by atoms with Gasteiger partial charge in [-0.05, 0) is 20.8 Å². The molecule has 0 aliphatic rings. The van der Waals surface area contributed by atoms with Crippen molar-refractivity contribution in [3.05, 3.63) is 12.4 Å². The highest BCUT2D eigenvalue weighted by atomic mass is 16.4. The van der Waals surface area contributed by atoms with E-state index in [1.165, 1.54) is 4.90 Å². The molecule has 2 N–H and O–H groups in total. The maximum atomic E-state index is 12.1. The molecule has 1 unspecified atom stereocenters. The van der Waals surface area contributed by atoms with Crippen LogP contribution in [-0.2, 0) is 4.79 Å². The molecule has 1 rings (SSSR count). The van der Waals surface area contributed by atoms with Crippen molar-refractivity contribution < 1.29 is 14.7 Å². The zero-order chi connectivity index (χ0) is 15.3.